The molecule has 1 aromatic carbocycles. The summed E-state index contributed by atoms with van der Waals surface area (Å²) in [4.78, 5) is 4.30. The molecule has 0 fully saturated rings. The summed E-state index contributed by atoms with van der Waals surface area (Å²) in [5, 5.41) is 3.07. The molecule has 0 spiro atoms. The van der Waals surface area contributed by atoms with Gasteiger partial charge in [-0.3, -0.25) is 0 Å². The second-order valence-corrected chi connectivity index (χ2v) is 4.52. The molecule has 5 heteroatoms. The molecule has 0 aliphatic rings. The molecule has 4 nitrogen and oxygen atoms in total. The van der Waals surface area contributed by atoms with E-state index in [1.54, 1.807) is 18.2 Å². The van der Waals surface area contributed by atoms with Crippen molar-refractivity contribution in [1.82, 2.24) is 4.98 Å². The van der Waals surface area contributed by atoms with Crippen molar-refractivity contribution in [2.75, 3.05) is 17.7 Å². The Balaban J connectivity index is 2.22. The van der Waals surface area contributed by atoms with Gasteiger partial charge in [0.2, 0.25) is 5.88 Å². The third-order valence-corrected chi connectivity index (χ3v) is 2.79. The first-order valence-corrected chi connectivity index (χ1v) is 6.52. The summed E-state index contributed by atoms with van der Waals surface area (Å²) in [6.45, 7) is 4.46. The van der Waals surface area contributed by atoms with Gasteiger partial charge >= 0.3 is 0 Å². The number of aromatic nitrogens is 1. The minimum absolute atomic E-state index is 0.295. The monoisotopic (exact) mass is 275 g/mol. The summed E-state index contributed by atoms with van der Waals surface area (Å²) in [5.41, 5.74) is 7.89. The van der Waals surface area contributed by atoms with Gasteiger partial charge in [-0.15, -0.1) is 0 Å². The van der Waals surface area contributed by atoms with Gasteiger partial charge in [-0.25, -0.2) is 4.39 Å². The van der Waals surface area contributed by atoms with Gasteiger partial charge < -0.3 is 15.8 Å². The van der Waals surface area contributed by atoms with E-state index in [9.17, 15) is 4.39 Å². The number of hydrogen-bond acceptors (Lipinski definition) is 4. The van der Waals surface area contributed by atoms with Crippen molar-refractivity contribution in [3.63, 3.8) is 0 Å². The van der Waals surface area contributed by atoms with Crippen LogP contribution < -0.4 is 15.8 Å². The Labute approximate surface area is 117 Å². The second-order valence-electron chi connectivity index (χ2n) is 4.52. The lowest BCUT2D eigenvalue weighted by molar-refractivity contribution is 0.307. The quantitative estimate of drug-likeness (QED) is 0.874. The highest BCUT2D eigenvalue weighted by Crippen LogP contribution is 2.25. The third-order valence-electron chi connectivity index (χ3n) is 2.79. The zero-order valence-electron chi connectivity index (χ0n) is 11.6. The molecule has 2 aromatic rings. The minimum atomic E-state index is -0.295. The van der Waals surface area contributed by atoms with Gasteiger partial charge in [0, 0.05) is 5.69 Å². The molecule has 3 N–H and O–H groups in total. The molecule has 0 bridgehead atoms. The first-order valence-electron chi connectivity index (χ1n) is 6.52. The smallest absolute Gasteiger partial charge is 0.239 e. The molecule has 1 heterocycles. The first kappa shape index (κ1) is 14.1. The van der Waals surface area contributed by atoms with E-state index in [1.807, 2.05) is 13.8 Å². The molecule has 0 saturated carbocycles. The predicted octanol–water partition coefficient (Wildman–Crippen LogP) is 3.64. The minimum Gasteiger partial charge on any atom is -0.476 e. The summed E-state index contributed by atoms with van der Waals surface area (Å²) in [6, 6.07) is 8.02. The molecular weight excluding hydrogens is 257 g/mol. The van der Waals surface area contributed by atoms with Gasteiger partial charge in [0.15, 0.2) is 0 Å². The molecule has 0 aliphatic carbocycles. The fourth-order valence-corrected chi connectivity index (χ4v) is 1.70. The molecule has 20 heavy (non-hydrogen) atoms. The predicted molar refractivity (Wildman–Crippen MR) is 78.9 cm³/mol. The number of benzene rings is 1. The lowest BCUT2D eigenvalue weighted by atomic mass is 10.2. The molecule has 2 rings (SSSR count). The summed E-state index contributed by atoms with van der Waals surface area (Å²) in [5.74, 6) is 0.668. The van der Waals surface area contributed by atoms with Crippen LogP contribution in [0.25, 0.3) is 0 Å². The number of nitrogens with two attached hydrogens (primary N) is 1. The topological polar surface area (TPSA) is 60.2 Å². The van der Waals surface area contributed by atoms with Crippen LogP contribution >= 0.6 is 0 Å². The Morgan fingerprint density at radius 3 is 2.85 bits per heavy atom. The molecule has 0 saturated heterocycles. The average molecular weight is 275 g/mol. The van der Waals surface area contributed by atoms with Gasteiger partial charge in [-0.2, -0.15) is 4.98 Å². The van der Waals surface area contributed by atoms with Crippen molar-refractivity contribution in [2.24, 2.45) is 0 Å². The standard InChI is InChI=1S/C15H18FN3O/c1-3-8-20-15-12(17)6-7-14(19-15)18-13-9-11(16)5-4-10(13)2/h4-7,9H,3,8,17H2,1-2H3,(H,18,19). The summed E-state index contributed by atoms with van der Waals surface area (Å²) in [6.07, 6.45) is 0.877. The zero-order chi connectivity index (χ0) is 14.5. The molecule has 106 valence electrons. The maximum Gasteiger partial charge on any atom is 0.239 e. The van der Waals surface area contributed by atoms with Gasteiger partial charge in [-0.05, 0) is 43.2 Å². The highest BCUT2D eigenvalue weighted by atomic mass is 19.1. The average Bonchev–Trinajstić information content (AvgIpc) is 2.43. The number of ether oxygens (including phenoxy) is 1. The van der Waals surface area contributed by atoms with Gasteiger partial charge in [0.05, 0.1) is 12.3 Å². The van der Waals surface area contributed by atoms with Crippen molar-refractivity contribution >= 4 is 17.2 Å². The fourth-order valence-electron chi connectivity index (χ4n) is 1.70. The van der Waals surface area contributed by atoms with Crippen LogP contribution in [0.4, 0.5) is 21.6 Å². The lowest BCUT2D eigenvalue weighted by Crippen LogP contribution is -2.04. The number of halogens is 1. The first-order chi connectivity index (χ1) is 9.60. The Morgan fingerprint density at radius 2 is 2.10 bits per heavy atom. The summed E-state index contributed by atoms with van der Waals surface area (Å²) in [7, 11) is 0. The highest BCUT2D eigenvalue weighted by molar-refractivity contribution is 5.63. The molecule has 0 unspecified atom stereocenters. The van der Waals surface area contributed by atoms with Crippen LogP contribution in [0.2, 0.25) is 0 Å². The van der Waals surface area contributed by atoms with Crippen LogP contribution in [0.5, 0.6) is 5.88 Å². The largest absolute Gasteiger partial charge is 0.476 e. The van der Waals surface area contributed by atoms with Crippen molar-refractivity contribution in [3.05, 3.63) is 41.7 Å². The van der Waals surface area contributed by atoms with Crippen molar-refractivity contribution in [1.29, 1.82) is 0 Å². The Bertz CT molecular complexity index is 602. The number of nitrogen functional groups attached to an aromatic ring is 1. The van der Waals surface area contributed by atoms with E-state index in [-0.39, 0.29) is 5.82 Å². The van der Waals surface area contributed by atoms with E-state index in [2.05, 4.69) is 10.3 Å². The van der Waals surface area contributed by atoms with Crippen LogP contribution in [0, 0.1) is 12.7 Å². The second kappa shape index (κ2) is 6.23. The van der Waals surface area contributed by atoms with E-state index >= 15 is 0 Å². The number of pyridine rings is 1. The molecule has 0 amide bonds. The van der Waals surface area contributed by atoms with E-state index in [0.717, 1.165) is 12.0 Å². The van der Waals surface area contributed by atoms with Gasteiger partial charge in [-0.1, -0.05) is 13.0 Å². The number of rotatable bonds is 5. The van der Waals surface area contributed by atoms with Crippen molar-refractivity contribution in [3.8, 4) is 5.88 Å². The maximum atomic E-state index is 13.3. The van der Waals surface area contributed by atoms with E-state index < -0.39 is 0 Å². The van der Waals surface area contributed by atoms with Crippen LogP contribution in [0.1, 0.15) is 18.9 Å². The van der Waals surface area contributed by atoms with Crippen molar-refractivity contribution < 1.29 is 9.13 Å². The summed E-state index contributed by atoms with van der Waals surface area (Å²) >= 11 is 0. The Morgan fingerprint density at radius 1 is 1.30 bits per heavy atom. The van der Waals surface area contributed by atoms with Crippen LogP contribution in [0.3, 0.4) is 0 Å². The lowest BCUT2D eigenvalue weighted by Gasteiger charge is -2.12. The number of anilines is 3. The fraction of sp³-hybridized carbons (Fsp3) is 0.267. The number of hydrogen-bond donors (Lipinski definition) is 2. The van der Waals surface area contributed by atoms with Crippen LogP contribution in [0.15, 0.2) is 30.3 Å². The third kappa shape index (κ3) is 3.38. The zero-order valence-corrected chi connectivity index (χ0v) is 11.6. The molecule has 0 atom stereocenters. The number of nitrogens with one attached hydrogen (secondary N) is 1. The Hall–Kier alpha value is -2.30. The number of nitrogens with zero attached hydrogens (tertiary/aromatic N) is 1. The maximum absolute atomic E-state index is 13.3. The Kier molecular flexibility index (Phi) is 4.40. The summed E-state index contributed by atoms with van der Waals surface area (Å²) < 4.78 is 18.7. The van der Waals surface area contributed by atoms with Gasteiger partial charge in [0.25, 0.3) is 0 Å². The molecule has 0 aliphatic heterocycles. The van der Waals surface area contributed by atoms with E-state index in [0.29, 0.717) is 29.7 Å². The van der Waals surface area contributed by atoms with Crippen LogP contribution in [-0.2, 0) is 0 Å². The SMILES string of the molecule is CCCOc1nc(Nc2cc(F)ccc2C)ccc1N. The van der Waals surface area contributed by atoms with E-state index in [4.69, 9.17) is 10.5 Å². The molecule has 0 radical (unpaired) electrons. The van der Waals surface area contributed by atoms with E-state index in [1.165, 1.54) is 12.1 Å². The number of aryl methyl sites for hydroxylation is 1. The highest BCUT2D eigenvalue weighted by Gasteiger charge is 2.06. The molecule has 1 aromatic heterocycles. The van der Waals surface area contributed by atoms with Crippen molar-refractivity contribution in [2.45, 2.75) is 20.3 Å². The normalized spacial score (nSPS) is 10.3. The molecular formula is C15H18FN3O. The van der Waals surface area contributed by atoms with Crippen LogP contribution in [-0.4, -0.2) is 11.6 Å². The van der Waals surface area contributed by atoms with Gasteiger partial charge in [0.1, 0.15) is 11.6 Å².